The van der Waals surface area contributed by atoms with Crippen LogP contribution in [-0.2, 0) is 18.3 Å². The first-order valence-electron chi connectivity index (χ1n) is 6.92. The first-order valence-corrected chi connectivity index (χ1v) is 6.92. The van der Waals surface area contributed by atoms with Crippen molar-refractivity contribution in [2.75, 3.05) is 13.7 Å². The van der Waals surface area contributed by atoms with Crippen LogP contribution in [0.25, 0.3) is 0 Å². The fraction of sp³-hybridized carbons (Fsp3) is 0.467. The minimum atomic E-state index is 0.113. The molecule has 0 spiro atoms. The molecule has 1 aliphatic heterocycles. The molecule has 0 N–H and O–H groups in total. The molecular formula is C15H20N4O. The lowest BCUT2D eigenvalue weighted by atomic mass is 10.0. The van der Waals surface area contributed by atoms with Crippen molar-refractivity contribution in [1.29, 1.82) is 0 Å². The van der Waals surface area contributed by atoms with Gasteiger partial charge in [0.15, 0.2) is 0 Å². The molecule has 2 aromatic rings. The predicted octanol–water partition coefficient (Wildman–Crippen LogP) is 1.78. The molecular weight excluding hydrogens is 252 g/mol. The minimum Gasteiger partial charge on any atom is -0.372 e. The van der Waals surface area contributed by atoms with E-state index in [1.807, 2.05) is 31.8 Å². The zero-order chi connectivity index (χ0) is 13.9. The van der Waals surface area contributed by atoms with Crippen LogP contribution >= 0.6 is 0 Å². The Morgan fingerprint density at radius 1 is 1.40 bits per heavy atom. The van der Waals surface area contributed by atoms with Gasteiger partial charge in [0, 0.05) is 50.4 Å². The molecule has 2 aromatic heterocycles. The van der Waals surface area contributed by atoms with Crippen LogP contribution in [0.15, 0.2) is 37.1 Å². The molecule has 0 saturated carbocycles. The van der Waals surface area contributed by atoms with E-state index in [1.54, 1.807) is 6.20 Å². The second-order valence-electron chi connectivity index (χ2n) is 5.34. The molecule has 1 saturated heterocycles. The van der Waals surface area contributed by atoms with Crippen molar-refractivity contribution in [3.05, 3.63) is 48.3 Å². The minimum absolute atomic E-state index is 0.113. The molecule has 5 heteroatoms. The van der Waals surface area contributed by atoms with Gasteiger partial charge in [0.05, 0.1) is 18.1 Å². The SMILES string of the molecule is CN(Cc1cncn1C)[C@H]1CCO[C@@H]1c1cccnc1. The second-order valence-corrected chi connectivity index (χ2v) is 5.34. The van der Waals surface area contributed by atoms with Crippen LogP contribution in [0.4, 0.5) is 0 Å². The summed E-state index contributed by atoms with van der Waals surface area (Å²) in [6, 6.07) is 4.44. The monoisotopic (exact) mass is 272 g/mol. The van der Waals surface area contributed by atoms with E-state index in [-0.39, 0.29) is 6.10 Å². The van der Waals surface area contributed by atoms with Gasteiger partial charge < -0.3 is 9.30 Å². The van der Waals surface area contributed by atoms with Crippen molar-refractivity contribution in [2.45, 2.75) is 25.1 Å². The first-order chi connectivity index (χ1) is 9.75. The van der Waals surface area contributed by atoms with Crippen LogP contribution in [0.3, 0.4) is 0 Å². The van der Waals surface area contributed by atoms with Crippen LogP contribution < -0.4 is 0 Å². The summed E-state index contributed by atoms with van der Waals surface area (Å²) in [7, 11) is 4.18. The van der Waals surface area contributed by atoms with Crippen LogP contribution in [0, 0.1) is 0 Å². The Balaban J connectivity index is 1.74. The van der Waals surface area contributed by atoms with E-state index in [1.165, 1.54) is 5.69 Å². The number of hydrogen-bond donors (Lipinski definition) is 0. The topological polar surface area (TPSA) is 43.2 Å². The van der Waals surface area contributed by atoms with E-state index in [4.69, 9.17) is 4.74 Å². The molecule has 3 rings (SSSR count). The molecule has 0 aromatic carbocycles. The lowest BCUT2D eigenvalue weighted by Gasteiger charge is -2.28. The third-order valence-corrected chi connectivity index (χ3v) is 3.97. The predicted molar refractivity (Wildman–Crippen MR) is 76.0 cm³/mol. The summed E-state index contributed by atoms with van der Waals surface area (Å²) in [5.41, 5.74) is 2.37. The number of rotatable bonds is 4. The Kier molecular flexibility index (Phi) is 3.80. The highest BCUT2D eigenvalue weighted by Gasteiger charge is 2.32. The maximum absolute atomic E-state index is 5.92. The number of ether oxygens (including phenoxy) is 1. The molecule has 1 fully saturated rings. The van der Waals surface area contributed by atoms with Crippen LogP contribution in [0.5, 0.6) is 0 Å². The third kappa shape index (κ3) is 2.59. The van der Waals surface area contributed by atoms with E-state index in [0.29, 0.717) is 6.04 Å². The Morgan fingerprint density at radius 3 is 3.00 bits per heavy atom. The number of hydrogen-bond acceptors (Lipinski definition) is 4. The van der Waals surface area contributed by atoms with Crippen molar-refractivity contribution in [3.8, 4) is 0 Å². The standard InChI is InChI=1S/C15H20N4O/c1-18(10-13-9-17-11-19(13)2)14-5-7-20-15(14)12-4-3-6-16-8-12/h3-4,6,8-9,11,14-15H,5,7,10H2,1-2H3/t14-,15+/m0/s1. The number of aryl methyl sites for hydroxylation is 1. The summed E-state index contributed by atoms with van der Waals surface area (Å²) in [5.74, 6) is 0. The van der Waals surface area contributed by atoms with Crippen LogP contribution in [0.2, 0.25) is 0 Å². The Bertz CT molecular complexity index is 554. The summed E-state index contributed by atoms with van der Waals surface area (Å²) in [6.07, 6.45) is 8.63. The average Bonchev–Trinajstić information content (AvgIpc) is 3.09. The highest BCUT2D eigenvalue weighted by molar-refractivity contribution is 5.16. The van der Waals surface area contributed by atoms with Gasteiger partial charge in [-0.05, 0) is 19.5 Å². The number of pyridine rings is 1. The number of imidazole rings is 1. The fourth-order valence-corrected chi connectivity index (χ4v) is 2.80. The van der Waals surface area contributed by atoms with Gasteiger partial charge in [-0.2, -0.15) is 0 Å². The Hall–Kier alpha value is -1.72. The number of likely N-dealkylation sites (N-methyl/N-ethyl adjacent to an activating group) is 1. The van der Waals surface area contributed by atoms with E-state index in [0.717, 1.165) is 25.1 Å². The normalized spacial score (nSPS) is 22.6. The maximum atomic E-state index is 5.92. The van der Waals surface area contributed by atoms with Gasteiger partial charge >= 0.3 is 0 Å². The zero-order valence-corrected chi connectivity index (χ0v) is 11.9. The second kappa shape index (κ2) is 5.73. The van der Waals surface area contributed by atoms with Crippen molar-refractivity contribution >= 4 is 0 Å². The van der Waals surface area contributed by atoms with E-state index in [2.05, 4.69) is 32.5 Å². The molecule has 0 radical (unpaired) electrons. The van der Waals surface area contributed by atoms with Gasteiger partial charge in [0.2, 0.25) is 0 Å². The Morgan fingerprint density at radius 2 is 2.30 bits per heavy atom. The van der Waals surface area contributed by atoms with E-state index in [9.17, 15) is 0 Å². The molecule has 0 bridgehead atoms. The van der Waals surface area contributed by atoms with Crippen molar-refractivity contribution in [3.63, 3.8) is 0 Å². The van der Waals surface area contributed by atoms with Gasteiger partial charge in [0.1, 0.15) is 0 Å². The molecule has 1 aliphatic rings. The lowest BCUT2D eigenvalue weighted by molar-refractivity contribution is 0.0664. The molecule has 0 unspecified atom stereocenters. The fourth-order valence-electron chi connectivity index (χ4n) is 2.80. The van der Waals surface area contributed by atoms with Gasteiger partial charge in [-0.3, -0.25) is 9.88 Å². The average molecular weight is 272 g/mol. The van der Waals surface area contributed by atoms with Crippen LogP contribution in [-0.4, -0.2) is 39.1 Å². The number of aromatic nitrogens is 3. The van der Waals surface area contributed by atoms with E-state index >= 15 is 0 Å². The zero-order valence-electron chi connectivity index (χ0n) is 11.9. The molecule has 0 aliphatic carbocycles. The first kappa shape index (κ1) is 13.3. The van der Waals surface area contributed by atoms with Gasteiger partial charge in [-0.25, -0.2) is 4.98 Å². The molecule has 0 amide bonds. The smallest absolute Gasteiger partial charge is 0.0995 e. The molecule has 20 heavy (non-hydrogen) atoms. The molecule has 106 valence electrons. The largest absolute Gasteiger partial charge is 0.372 e. The third-order valence-electron chi connectivity index (χ3n) is 3.97. The van der Waals surface area contributed by atoms with Crippen molar-refractivity contribution in [1.82, 2.24) is 19.4 Å². The lowest BCUT2D eigenvalue weighted by Crippen LogP contribution is -2.34. The summed E-state index contributed by atoms with van der Waals surface area (Å²) < 4.78 is 7.98. The summed E-state index contributed by atoms with van der Waals surface area (Å²) in [6.45, 7) is 1.68. The van der Waals surface area contributed by atoms with Crippen LogP contribution in [0.1, 0.15) is 23.8 Å². The Labute approximate surface area is 119 Å². The molecule has 2 atom stereocenters. The van der Waals surface area contributed by atoms with Gasteiger partial charge in [-0.1, -0.05) is 6.07 Å². The summed E-state index contributed by atoms with van der Waals surface area (Å²) >= 11 is 0. The summed E-state index contributed by atoms with van der Waals surface area (Å²) in [4.78, 5) is 10.7. The number of nitrogens with zero attached hydrogens (tertiary/aromatic N) is 4. The van der Waals surface area contributed by atoms with E-state index < -0.39 is 0 Å². The van der Waals surface area contributed by atoms with Crippen molar-refractivity contribution in [2.24, 2.45) is 7.05 Å². The highest BCUT2D eigenvalue weighted by atomic mass is 16.5. The molecule has 5 nitrogen and oxygen atoms in total. The van der Waals surface area contributed by atoms with Crippen molar-refractivity contribution < 1.29 is 4.74 Å². The molecule has 3 heterocycles. The highest BCUT2D eigenvalue weighted by Crippen LogP contribution is 2.32. The summed E-state index contributed by atoms with van der Waals surface area (Å²) in [5, 5.41) is 0. The van der Waals surface area contributed by atoms with Gasteiger partial charge in [-0.15, -0.1) is 0 Å². The quantitative estimate of drug-likeness (QED) is 0.851. The van der Waals surface area contributed by atoms with Gasteiger partial charge in [0.25, 0.3) is 0 Å². The maximum Gasteiger partial charge on any atom is 0.0995 e.